The van der Waals surface area contributed by atoms with Gasteiger partial charge in [-0.05, 0) is 93.7 Å². The Morgan fingerprint density at radius 3 is 1.49 bits per heavy atom. The first kappa shape index (κ1) is 22.5. The first-order valence-corrected chi connectivity index (χ1v) is 13.1. The Morgan fingerprint density at radius 2 is 1.09 bits per heavy atom. The second-order valence-electron chi connectivity index (χ2n) is 11.8. The molecule has 180 valence electrons. The number of fused-ring (bicyclic) bond motifs is 8. The van der Waals surface area contributed by atoms with Gasteiger partial charge in [-0.3, -0.25) is 0 Å². The molecule has 0 heterocycles. The molecule has 0 N–H and O–H groups in total. The van der Waals surface area contributed by atoms with Gasteiger partial charge in [0.25, 0.3) is 0 Å². The fourth-order valence-electron chi connectivity index (χ4n) is 7.01. The standard InChI is InChI=1S/C33H36O2/c1-33(2,3)24-14-22-16-27-29(34-4)18-20-10-6-8-12-25(20)31(27)32-26-13-9-7-11-21(26)19-30(35-5)28(32)17-23(22)15-24/h6-13,18-19,22-24H,14-17H2,1-5H3/t22-,23?,24?/m0/s1. The van der Waals surface area contributed by atoms with Gasteiger partial charge in [0.1, 0.15) is 11.5 Å². The van der Waals surface area contributed by atoms with E-state index in [2.05, 4.69) is 81.4 Å². The first-order valence-electron chi connectivity index (χ1n) is 13.1. The number of benzene rings is 4. The number of hydrogen-bond donors (Lipinski definition) is 0. The van der Waals surface area contributed by atoms with E-state index in [1.54, 1.807) is 0 Å². The highest BCUT2D eigenvalue weighted by Gasteiger charge is 2.42. The van der Waals surface area contributed by atoms with Crippen molar-refractivity contribution in [1.82, 2.24) is 0 Å². The summed E-state index contributed by atoms with van der Waals surface area (Å²) in [5.74, 6) is 4.09. The van der Waals surface area contributed by atoms with Crippen LogP contribution in [0.5, 0.6) is 11.5 Å². The van der Waals surface area contributed by atoms with Crippen LogP contribution in [0.1, 0.15) is 44.7 Å². The Kier molecular flexibility index (Phi) is 5.32. The summed E-state index contributed by atoms with van der Waals surface area (Å²) in [6.45, 7) is 7.25. The number of methoxy groups -OCH3 is 2. The topological polar surface area (TPSA) is 18.5 Å². The van der Waals surface area contributed by atoms with E-state index in [-0.39, 0.29) is 0 Å². The molecule has 0 bridgehead atoms. The average molecular weight is 465 g/mol. The van der Waals surface area contributed by atoms with Gasteiger partial charge in [0.15, 0.2) is 0 Å². The van der Waals surface area contributed by atoms with Crippen LogP contribution < -0.4 is 9.47 Å². The van der Waals surface area contributed by atoms with Crippen LogP contribution in [-0.4, -0.2) is 14.2 Å². The molecule has 0 saturated heterocycles. The molecule has 3 atom stereocenters. The van der Waals surface area contributed by atoms with Gasteiger partial charge in [-0.25, -0.2) is 0 Å². The van der Waals surface area contributed by atoms with E-state index in [1.165, 1.54) is 56.6 Å². The molecule has 2 aliphatic carbocycles. The largest absolute Gasteiger partial charge is 0.496 e. The van der Waals surface area contributed by atoms with E-state index in [0.29, 0.717) is 17.3 Å². The maximum absolute atomic E-state index is 6.11. The summed E-state index contributed by atoms with van der Waals surface area (Å²) >= 11 is 0. The molecule has 4 aromatic carbocycles. The zero-order valence-corrected chi connectivity index (χ0v) is 21.7. The molecular weight excluding hydrogens is 428 g/mol. The smallest absolute Gasteiger partial charge is 0.123 e. The van der Waals surface area contributed by atoms with Crippen molar-refractivity contribution >= 4 is 21.5 Å². The van der Waals surface area contributed by atoms with E-state index < -0.39 is 0 Å². The lowest BCUT2D eigenvalue weighted by Gasteiger charge is -2.30. The fourth-order valence-corrected chi connectivity index (χ4v) is 7.01. The quantitative estimate of drug-likeness (QED) is 0.296. The van der Waals surface area contributed by atoms with Crippen LogP contribution in [0.4, 0.5) is 0 Å². The lowest BCUT2D eigenvalue weighted by atomic mass is 9.75. The van der Waals surface area contributed by atoms with E-state index >= 15 is 0 Å². The minimum Gasteiger partial charge on any atom is -0.496 e. The monoisotopic (exact) mass is 464 g/mol. The van der Waals surface area contributed by atoms with Gasteiger partial charge in [-0.1, -0.05) is 69.3 Å². The molecule has 2 heteroatoms. The summed E-state index contributed by atoms with van der Waals surface area (Å²) in [6.07, 6.45) is 4.72. The number of ether oxygens (including phenoxy) is 2. The molecule has 0 amide bonds. The Bertz CT molecular complexity index is 1320. The molecule has 4 aromatic rings. The fraction of sp³-hybridized carbons (Fsp3) is 0.394. The minimum absolute atomic E-state index is 0.327. The van der Waals surface area contributed by atoms with Gasteiger partial charge < -0.3 is 9.47 Å². The van der Waals surface area contributed by atoms with Crippen molar-refractivity contribution in [3.05, 3.63) is 71.8 Å². The van der Waals surface area contributed by atoms with E-state index in [4.69, 9.17) is 9.47 Å². The minimum atomic E-state index is 0.327. The van der Waals surface area contributed by atoms with Crippen LogP contribution in [0.2, 0.25) is 0 Å². The summed E-state index contributed by atoms with van der Waals surface area (Å²) in [6, 6.07) is 22.1. The van der Waals surface area contributed by atoms with Crippen LogP contribution in [0.25, 0.3) is 32.7 Å². The summed E-state index contributed by atoms with van der Waals surface area (Å²) in [4.78, 5) is 0. The molecule has 0 radical (unpaired) electrons. The van der Waals surface area contributed by atoms with Gasteiger partial charge in [0.2, 0.25) is 0 Å². The molecule has 2 nitrogen and oxygen atoms in total. The third-order valence-electron chi connectivity index (χ3n) is 8.92. The van der Waals surface area contributed by atoms with E-state index in [1.807, 2.05) is 14.2 Å². The molecule has 6 rings (SSSR count). The van der Waals surface area contributed by atoms with E-state index in [0.717, 1.165) is 30.3 Å². The molecular formula is C33H36O2. The Labute approximate surface area is 209 Å². The molecule has 1 fully saturated rings. The van der Waals surface area contributed by atoms with E-state index in [9.17, 15) is 0 Å². The summed E-state index contributed by atoms with van der Waals surface area (Å²) < 4.78 is 12.2. The van der Waals surface area contributed by atoms with Crippen molar-refractivity contribution < 1.29 is 9.47 Å². The normalized spacial score (nSPS) is 21.7. The maximum Gasteiger partial charge on any atom is 0.123 e. The van der Waals surface area contributed by atoms with Crippen LogP contribution in [0.15, 0.2) is 60.7 Å². The third kappa shape index (κ3) is 3.61. The van der Waals surface area contributed by atoms with Crippen molar-refractivity contribution in [3.8, 4) is 22.6 Å². The maximum atomic E-state index is 6.11. The Morgan fingerprint density at radius 1 is 0.657 bits per heavy atom. The van der Waals surface area contributed by atoms with Gasteiger partial charge in [0.05, 0.1) is 14.2 Å². The molecule has 2 unspecified atom stereocenters. The van der Waals surface area contributed by atoms with Gasteiger partial charge in [0, 0.05) is 11.1 Å². The van der Waals surface area contributed by atoms with Gasteiger partial charge >= 0.3 is 0 Å². The predicted octanol–water partition coefficient (Wildman–Crippen LogP) is 8.46. The lowest BCUT2D eigenvalue weighted by Crippen LogP contribution is -2.18. The zero-order valence-electron chi connectivity index (χ0n) is 21.7. The van der Waals surface area contributed by atoms with Crippen molar-refractivity contribution in [2.75, 3.05) is 14.2 Å². The van der Waals surface area contributed by atoms with Gasteiger partial charge in [-0.15, -0.1) is 0 Å². The zero-order chi connectivity index (χ0) is 24.3. The summed E-state index contributed by atoms with van der Waals surface area (Å²) in [7, 11) is 3.66. The molecule has 1 saturated carbocycles. The van der Waals surface area contributed by atoms with Crippen molar-refractivity contribution in [2.24, 2.45) is 23.2 Å². The second kappa shape index (κ2) is 8.29. The van der Waals surface area contributed by atoms with Crippen LogP contribution >= 0.6 is 0 Å². The molecule has 0 aromatic heterocycles. The molecule has 0 spiro atoms. The Balaban J connectivity index is 1.73. The van der Waals surface area contributed by atoms with Crippen LogP contribution in [-0.2, 0) is 12.8 Å². The SMILES string of the molecule is COc1cc2ccccc2c2c1CC1CC(C(C)(C)C)C[C@H]1Cc1c(OC)cc3ccccc3c1-2. The average Bonchev–Trinajstić information content (AvgIpc) is 3.24. The highest BCUT2D eigenvalue weighted by atomic mass is 16.5. The first-order chi connectivity index (χ1) is 16.9. The van der Waals surface area contributed by atoms with Crippen molar-refractivity contribution in [2.45, 2.75) is 46.5 Å². The predicted molar refractivity (Wildman–Crippen MR) is 147 cm³/mol. The van der Waals surface area contributed by atoms with Crippen molar-refractivity contribution in [1.29, 1.82) is 0 Å². The number of rotatable bonds is 2. The molecule has 35 heavy (non-hydrogen) atoms. The lowest BCUT2D eigenvalue weighted by molar-refractivity contribution is 0.236. The van der Waals surface area contributed by atoms with Crippen LogP contribution in [0.3, 0.4) is 0 Å². The third-order valence-corrected chi connectivity index (χ3v) is 8.92. The number of hydrogen-bond acceptors (Lipinski definition) is 2. The molecule has 2 aliphatic rings. The summed E-state index contributed by atoms with van der Waals surface area (Å²) in [5.41, 5.74) is 5.77. The second-order valence-corrected chi connectivity index (χ2v) is 11.8. The molecule has 0 aliphatic heterocycles. The highest BCUT2D eigenvalue weighted by Crippen LogP contribution is 2.54. The summed E-state index contributed by atoms with van der Waals surface area (Å²) in [5, 5.41) is 5.09. The highest BCUT2D eigenvalue weighted by molar-refractivity contribution is 6.09. The van der Waals surface area contributed by atoms with Crippen LogP contribution in [0, 0.1) is 23.2 Å². The van der Waals surface area contributed by atoms with Gasteiger partial charge in [-0.2, -0.15) is 0 Å². The van der Waals surface area contributed by atoms with Crippen molar-refractivity contribution in [3.63, 3.8) is 0 Å². The Hall–Kier alpha value is -3.00.